The van der Waals surface area contributed by atoms with Gasteiger partial charge >= 0.3 is 5.97 Å². The predicted octanol–water partition coefficient (Wildman–Crippen LogP) is 0.884. The summed E-state index contributed by atoms with van der Waals surface area (Å²) >= 11 is 0. The molecule has 5 nitrogen and oxygen atoms in total. The first kappa shape index (κ1) is 14.4. The van der Waals surface area contributed by atoms with Gasteiger partial charge in [-0.15, -0.1) is 0 Å². The Morgan fingerprint density at radius 3 is 2.82 bits per heavy atom. The van der Waals surface area contributed by atoms with Crippen LogP contribution in [0.1, 0.15) is 25.7 Å². The Morgan fingerprint density at radius 1 is 1.41 bits per heavy atom. The van der Waals surface area contributed by atoms with Gasteiger partial charge in [-0.1, -0.05) is 0 Å². The summed E-state index contributed by atoms with van der Waals surface area (Å²) in [5.41, 5.74) is -0.580. The fraction of sp³-hybridized carbons (Fsp3) is 0.917. The number of methoxy groups -OCH3 is 1. The fourth-order valence-corrected chi connectivity index (χ4v) is 2.23. The first-order valence-electron chi connectivity index (χ1n) is 6.22. The maximum atomic E-state index is 11.3. The number of nitrogens with one attached hydrogen (secondary N) is 1. The highest BCUT2D eigenvalue weighted by molar-refractivity contribution is 5.75. The Hall–Kier alpha value is -0.650. The lowest BCUT2D eigenvalue weighted by Gasteiger charge is -2.33. The van der Waals surface area contributed by atoms with Gasteiger partial charge in [-0.05, 0) is 32.2 Å². The van der Waals surface area contributed by atoms with Crippen molar-refractivity contribution >= 4 is 5.97 Å². The van der Waals surface area contributed by atoms with Crippen molar-refractivity contribution in [3.8, 4) is 0 Å². The van der Waals surface area contributed by atoms with Crippen LogP contribution in [0.5, 0.6) is 0 Å². The Morgan fingerprint density at radius 2 is 2.24 bits per heavy atom. The maximum absolute atomic E-state index is 11.3. The van der Waals surface area contributed by atoms with Crippen LogP contribution in [-0.2, 0) is 14.3 Å². The minimum atomic E-state index is -0.679. The summed E-state index contributed by atoms with van der Waals surface area (Å²) in [6.45, 7) is 3.29. The number of carbonyl (C=O) groups is 1. The van der Waals surface area contributed by atoms with Crippen molar-refractivity contribution in [1.82, 2.24) is 5.32 Å². The molecule has 0 bridgehead atoms. The number of carboxylic acid groups (broad SMARTS) is 1. The third-order valence-electron chi connectivity index (χ3n) is 3.30. The molecular formula is C12H23NO4. The predicted molar refractivity (Wildman–Crippen MR) is 64.1 cm³/mol. The van der Waals surface area contributed by atoms with E-state index in [1.54, 1.807) is 7.11 Å². The Kier molecular flexibility index (Phi) is 6.47. The number of rotatable bonds is 8. The molecule has 1 heterocycles. The lowest BCUT2D eigenvalue weighted by Crippen LogP contribution is -2.45. The topological polar surface area (TPSA) is 67.8 Å². The molecule has 1 aliphatic rings. The zero-order chi connectivity index (χ0) is 12.6. The van der Waals surface area contributed by atoms with Gasteiger partial charge in [0.1, 0.15) is 0 Å². The molecule has 0 aromatic rings. The van der Waals surface area contributed by atoms with Gasteiger partial charge in [-0.25, -0.2) is 0 Å². The van der Waals surface area contributed by atoms with Crippen LogP contribution in [0.25, 0.3) is 0 Å². The number of hydrogen-bond donors (Lipinski definition) is 2. The summed E-state index contributed by atoms with van der Waals surface area (Å²) in [5, 5.41) is 12.5. The van der Waals surface area contributed by atoms with Crippen LogP contribution in [-0.4, -0.2) is 51.1 Å². The highest BCUT2D eigenvalue weighted by Gasteiger charge is 2.38. The van der Waals surface area contributed by atoms with E-state index in [1.807, 2.05) is 0 Å². The van der Waals surface area contributed by atoms with E-state index in [4.69, 9.17) is 9.47 Å². The molecular weight excluding hydrogens is 222 g/mol. The molecule has 1 atom stereocenters. The number of piperidine rings is 1. The highest BCUT2D eigenvalue weighted by Crippen LogP contribution is 2.31. The van der Waals surface area contributed by atoms with Crippen molar-refractivity contribution in [3.63, 3.8) is 0 Å². The molecule has 0 radical (unpaired) electrons. The standard InChI is InChI=1S/C12H23NO4/c1-16-8-9-17-7-3-5-12(11(14)15)4-2-6-13-10-12/h13H,2-10H2,1H3,(H,14,15). The van der Waals surface area contributed by atoms with Crippen molar-refractivity contribution in [3.05, 3.63) is 0 Å². The van der Waals surface area contributed by atoms with Gasteiger partial charge in [0, 0.05) is 20.3 Å². The van der Waals surface area contributed by atoms with E-state index in [2.05, 4.69) is 5.32 Å². The van der Waals surface area contributed by atoms with Crippen molar-refractivity contribution in [2.75, 3.05) is 40.0 Å². The van der Waals surface area contributed by atoms with E-state index < -0.39 is 11.4 Å². The number of aliphatic carboxylic acids is 1. The van der Waals surface area contributed by atoms with Gasteiger partial charge in [0.05, 0.1) is 18.6 Å². The van der Waals surface area contributed by atoms with E-state index in [0.29, 0.717) is 32.8 Å². The zero-order valence-corrected chi connectivity index (χ0v) is 10.5. The fourth-order valence-electron chi connectivity index (χ4n) is 2.23. The lowest BCUT2D eigenvalue weighted by atomic mass is 9.77. The molecule has 17 heavy (non-hydrogen) atoms. The number of ether oxygens (including phenoxy) is 2. The van der Waals surface area contributed by atoms with Gasteiger partial charge in [0.25, 0.3) is 0 Å². The molecule has 1 saturated heterocycles. The third kappa shape index (κ3) is 4.61. The van der Waals surface area contributed by atoms with E-state index in [-0.39, 0.29) is 0 Å². The molecule has 5 heteroatoms. The molecule has 0 saturated carbocycles. The van der Waals surface area contributed by atoms with E-state index in [0.717, 1.165) is 25.8 Å². The normalized spacial score (nSPS) is 24.8. The van der Waals surface area contributed by atoms with Gasteiger partial charge in [0.15, 0.2) is 0 Å². The summed E-state index contributed by atoms with van der Waals surface area (Å²) in [5.74, 6) is -0.679. The van der Waals surface area contributed by atoms with Crippen LogP contribution in [0, 0.1) is 5.41 Å². The smallest absolute Gasteiger partial charge is 0.310 e. The van der Waals surface area contributed by atoms with E-state index >= 15 is 0 Å². The van der Waals surface area contributed by atoms with Gasteiger partial charge in [-0.3, -0.25) is 4.79 Å². The van der Waals surface area contributed by atoms with Crippen LogP contribution in [0.2, 0.25) is 0 Å². The first-order chi connectivity index (χ1) is 8.21. The Labute approximate surface area is 102 Å². The molecule has 100 valence electrons. The largest absolute Gasteiger partial charge is 0.481 e. The lowest BCUT2D eigenvalue weighted by molar-refractivity contribution is -0.150. The molecule has 0 aromatic carbocycles. The van der Waals surface area contributed by atoms with E-state index in [1.165, 1.54) is 0 Å². The first-order valence-corrected chi connectivity index (χ1v) is 6.22. The summed E-state index contributed by atoms with van der Waals surface area (Å²) in [6.07, 6.45) is 3.18. The van der Waals surface area contributed by atoms with Crippen molar-refractivity contribution in [1.29, 1.82) is 0 Å². The van der Waals surface area contributed by atoms with Gasteiger partial charge in [-0.2, -0.15) is 0 Å². The molecule has 2 N–H and O–H groups in total. The molecule has 1 rings (SSSR count). The SMILES string of the molecule is COCCOCCCC1(C(=O)O)CCCNC1. The minimum Gasteiger partial charge on any atom is -0.481 e. The zero-order valence-electron chi connectivity index (χ0n) is 10.5. The molecule has 1 fully saturated rings. The molecule has 0 aliphatic carbocycles. The average Bonchev–Trinajstić information content (AvgIpc) is 2.34. The third-order valence-corrected chi connectivity index (χ3v) is 3.30. The summed E-state index contributed by atoms with van der Waals surface area (Å²) < 4.78 is 10.2. The van der Waals surface area contributed by atoms with Crippen LogP contribution >= 0.6 is 0 Å². The van der Waals surface area contributed by atoms with Crippen LogP contribution in [0.3, 0.4) is 0 Å². The second-order valence-electron chi connectivity index (χ2n) is 4.57. The van der Waals surface area contributed by atoms with Gasteiger partial charge in [0.2, 0.25) is 0 Å². The second-order valence-corrected chi connectivity index (χ2v) is 4.57. The monoisotopic (exact) mass is 245 g/mol. The quantitative estimate of drug-likeness (QED) is 0.621. The Balaban J connectivity index is 2.23. The molecule has 1 aliphatic heterocycles. The number of hydrogen-bond acceptors (Lipinski definition) is 4. The van der Waals surface area contributed by atoms with Crippen LogP contribution in [0.4, 0.5) is 0 Å². The van der Waals surface area contributed by atoms with Crippen molar-refractivity contribution in [2.24, 2.45) is 5.41 Å². The van der Waals surface area contributed by atoms with Crippen LogP contribution in [0.15, 0.2) is 0 Å². The van der Waals surface area contributed by atoms with E-state index in [9.17, 15) is 9.90 Å². The van der Waals surface area contributed by atoms with Crippen LogP contribution < -0.4 is 5.32 Å². The molecule has 1 unspecified atom stereocenters. The Bertz CT molecular complexity index is 227. The minimum absolute atomic E-state index is 0.578. The second kappa shape index (κ2) is 7.63. The molecule has 0 aromatic heterocycles. The molecule has 0 spiro atoms. The summed E-state index contributed by atoms with van der Waals surface area (Å²) in [6, 6.07) is 0. The average molecular weight is 245 g/mol. The summed E-state index contributed by atoms with van der Waals surface area (Å²) in [4.78, 5) is 11.3. The van der Waals surface area contributed by atoms with Crippen molar-refractivity contribution < 1.29 is 19.4 Å². The summed E-state index contributed by atoms with van der Waals surface area (Å²) in [7, 11) is 1.64. The molecule has 0 amide bonds. The number of carboxylic acids is 1. The van der Waals surface area contributed by atoms with Gasteiger partial charge < -0.3 is 19.9 Å². The highest BCUT2D eigenvalue weighted by atomic mass is 16.5. The van der Waals surface area contributed by atoms with Crippen molar-refractivity contribution in [2.45, 2.75) is 25.7 Å². The maximum Gasteiger partial charge on any atom is 0.310 e.